The van der Waals surface area contributed by atoms with Gasteiger partial charge in [0, 0.05) is 24.7 Å². The second kappa shape index (κ2) is 8.76. The molecule has 2 heterocycles. The number of carbonyl (C=O) groups is 2. The van der Waals surface area contributed by atoms with Gasteiger partial charge in [-0.05, 0) is 42.3 Å². The highest BCUT2D eigenvalue weighted by Gasteiger charge is 2.31. The summed E-state index contributed by atoms with van der Waals surface area (Å²) in [6, 6.07) is 11.8. The predicted octanol–water partition coefficient (Wildman–Crippen LogP) is 3.74. The van der Waals surface area contributed by atoms with Crippen LogP contribution in [0.4, 0.5) is 5.69 Å². The maximum absolute atomic E-state index is 12.7. The molecule has 0 atom stereocenters. The van der Waals surface area contributed by atoms with E-state index in [1.807, 2.05) is 12.1 Å². The van der Waals surface area contributed by atoms with Gasteiger partial charge in [0.05, 0.1) is 4.91 Å². The lowest BCUT2D eigenvalue weighted by atomic mass is 10.2. The number of thioether (sulfide) groups is 1. The average molecular weight is 443 g/mol. The van der Waals surface area contributed by atoms with Gasteiger partial charge in [-0.2, -0.15) is 0 Å². The summed E-state index contributed by atoms with van der Waals surface area (Å²) in [7, 11) is 0. The number of nitrogens with one attached hydrogen (secondary N) is 1. The molecule has 2 aromatic carbocycles. The highest BCUT2D eigenvalue weighted by molar-refractivity contribution is 8.26. The molecule has 2 N–H and O–H groups in total. The van der Waals surface area contributed by atoms with Gasteiger partial charge >= 0.3 is 0 Å². The van der Waals surface area contributed by atoms with Gasteiger partial charge in [-0.25, -0.2) is 0 Å². The molecule has 2 aromatic rings. The summed E-state index contributed by atoms with van der Waals surface area (Å²) in [6.07, 6.45) is 2.47. The molecule has 1 saturated heterocycles. The molecule has 7 nitrogen and oxygen atoms in total. The first kappa shape index (κ1) is 20.2. The van der Waals surface area contributed by atoms with Gasteiger partial charge in [-0.3, -0.25) is 14.5 Å². The van der Waals surface area contributed by atoms with Crippen LogP contribution in [0.1, 0.15) is 18.4 Å². The van der Waals surface area contributed by atoms with Crippen LogP contribution in [-0.4, -0.2) is 39.5 Å². The van der Waals surface area contributed by atoms with Crippen LogP contribution in [0.15, 0.2) is 47.4 Å². The number of anilines is 1. The lowest BCUT2D eigenvalue weighted by Crippen LogP contribution is -2.29. The molecular formula is C21H18N2O5S2. The SMILES string of the molecule is O=C(CCCN1C(=O)C(=Cc2ccc3c(c2)OCO3)SC1=S)Nc1cccc(O)c1. The van der Waals surface area contributed by atoms with Crippen molar-refractivity contribution < 1.29 is 24.2 Å². The number of amides is 2. The lowest BCUT2D eigenvalue weighted by molar-refractivity contribution is -0.122. The zero-order valence-electron chi connectivity index (χ0n) is 15.8. The van der Waals surface area contributed by atoms with Crippen LogP contribution in [0, 0.1) is 0 Å². The normalized spacial score (nSPS) is 16.4. The van der Waals surface area contributed by atoms with Crippen LogP contribution in [0.3, 0.4) is 0 Å². The van der Waals surface area contributed by atoms with Gasteiger partial charge < -0.3 is 19.9 Å². The largest absolute Gasteiger partial charge is 0.508 e. The quantitative estimate of drug-likeness (QED) is 0.520. The number of carbonyl (C=O) groups excluding carboxylic acids is 2. The van der Waals surface area contributed by atoms with E-state index < -0.39 is 0 Å². The van der Waals surface area contributed by atoms with Crippen molar-refractivity contribution in [1.29, 1.82) is 0 Å². The molecule has 0 aliphatic carbocycles. The highest BCUT2D eigenvalue weighted by Crippen LogP contribution is 2.36. The molecule has 2 aliphatic heterocycles. The summed E-state index contributed by atoms with van der Waals surface area (Å²) in [4.78, 5) is 26.9. The molecule has 1 fully saturated rings. The van der Waals surface area contributed by atoms with Crippen LogP contribution >= 0.6 is 24.0 Å². The summed E-state index contributed by atoms with van der Waals surface area (Å²) < 4.78 is 11.1. The van der Waals surface area contributed by atoms with Crippen molar-refractivity contribution in [2.45, 2.75) is 12.8 Å². The monoisotopic (exact) mass is 442 g/mol. The third-order valence-electron chi connectivity index (χ3n) is 4.48. The molecule has 0 spiro atoms. The Bertz CT molecular complexity index is 1050. The zero-order chi connectivity index (χ0) is 21.1. The minimum Gasteiger partial charge on any atom is -0.508 e. The molecule has 30 heavy (non-hydrogen) atoms. The van der Waals surface area contributed by atoms with Gasteiger partial charge in [0.2, 0.25) is 12.7 Å². The number of fused-ring (bicyclic) bond motifs is 1. The van der Waals surface area contributed by atoms with E-state index >= 15 is 0 Å². The summed E-state index contributed by atoms with van der Waals surface area (Å²) >= 11 is 6.58. The number of nitrogens with zero attached hydrogens (tertiary/aromatic N) is 1. The lowest BCUT2D eigenvalue weighted by Gasteiger charge is -2.14. The predicted molar refractivity (Wildman–Crippen MR) is 118 cm³/mol. The van der Waals surface area contributed by atoms with E-state index in [4.69, 9.17) is 21.7 Å². The van der Waals surface area contributed by atoms with Crippen molar-refractivity contribution in [3.8, 4) is 17.2 Å². The fourth-order valence-electron chi connectivity index (χ4n) is 3.05. The molecule has 0 saturated carbocycles. The number of phenols is 1. The molecule has 0 unspecified atom stereocenters. The number of rotatable bonds is 6. The van der Waals surface area contributed by atoms with Crippen molar-refractivity contribution >= 4 is 51.9 Å². The standard InChI is InChI=1S/C21H18N2O5S2/c24-15-4-1-3-14(11-15)22-19(25)5-2-8-23-20(26)18(30-21(23)29)10-13-6-7-16-17(9-13)28-12-27-16/h1,3-4,6-7,9-11,24H,2,5,8,12H2,(H,22,25). The maximum atomic E-state index is 12.7. The molecule has 154 valence electrons. The average Bonchev–Trinajstić information content (AvgIpc) is 3.27. The third-order valence-corrected chi connectivity index (χ3v) is 5.86. The van der Waals surface area contributed by atoms with Crippen molar-refractivity contribution in [1.82, 2.24) is 4.90 Å². The number of aromatic hydroxyl groups is 1. The smallest absolute Gasteiger partial charge is 0.266 e. The summed E-state index contributed by atoms with van der Waals surface area (Å²) in [5, 5.41) is 12.2. The van der Waals surface area contributed by atoms with E-state index in [9.17, 15) is 14.7 Å². The van der Waals surface area contributed by atoms with Crippen molar-refractivity contribution in [2.24, 2.45) is 0 Å². The zero-order valence-corrected chi connectivity index (χ0v) is 17.4. The van der Waals surface area contributed by atoms with Gasteiger partial charge in [-0.1, -0.05) is 36.1 Å². The van der Waals surface area contributed by atoms with E-state index in [2.05, 4.69) is 5.32 Å². The first-order chi connectivity index (χ1) is 14.5. The molecule has 0 radical (unpaired) electrons. The fourth-order valence-corrected chi connectivity index (χ4v) is 4.36. The number of benzene rings is 2. The first-order valence-corrected chi connectivity index (χ1v) is 10.5. The Morgan fingerprint density at radius 1 is 1.23 bits per heavy atom. The molecule has 2 amide bonds. The Hall–Kier alpha value is -3.04. The van der Waals surface area contributed by atoms with Gasteiger partial charge in [0.25, 0.3) is 5.91 Å². The van der Waals surface area contributed by atoms with E-state index in [0.717, 1.165) is 5.56 Å². The number of phenolic OH excluding ortho intramolecular Hbond substituents is 1. The summed E-state index contributed by atoms with van der Waals surface area (Å²) in [5.41, 5.74) is 1.35. The fraction of sp³-hybridized carbons (Fsp3) is 0.190. The molecule has 0 aromatic heterocycles. The highest BCUT2D eigenvalue weighted by atomic mass is 32.2. The number of thiocarbonyl (C=S) groups is 1. The van der Waals surface area contributed by atoms with Crippen molar-refractivity contribution in [2.75, 3.05) is 18.7 Å². The number of hydrogen-bond acceptors (Lipinski definition) is 7. The maximum Gasteiger partial charge on any atom is 0.266 e. The van der Waals surface area contributed by atoms with Crippen molar-refractivity contribution in [3.05, 3.63) is 52.9 Å². The number of hydrogen-bond donors (Lipinski definition) is 2. The minimum atomic E-state index is -0.193. The van der Waals surface area contributed by atoms with Crippen LogP contribution in [0.2, 0.25) is 0 Å². The van der Waals surface area contributed by atoms with E-state index in [1.165, 1.54) is 28.8 Å². The molecule has 9 heteroatoms. The Morgan fingerprint density at radius 2 is 2.07 bits per heavy atom. The summed E-state index contributed by atoms with van der Waals surface area (Å²) in [5.74, 6) is 1.05. The minimum absolute atomic E-state index is 0.0830. The van der Waals surface area contributed by atoms with Gasteiger partial charge in [-0.15, -0.1) is 0 Å². The Morgan fingerprint density at radius 3 is 2.90 bits per heavy atom. The van der Waals surface area contributed by atoms with Crippen LogP contribution in [-0.2, 0) is 9.59 Å². The number of ether oxygens (including phenoxy) is 2. The topological polar surface area (TPSA) is 88.1 Å². The molecule has 0 bridgehead atoms. The van der Waals surface area contributed by atoms with E-state index in [0.29, 0.717) is 39.4 Å². The molecular weight excluding hydrogens is 424 g/mol. The van der Waals surface area contributed by atoms with E-state index in [1.54, 1.807) is 24.3 Å². The molecule has 2 aliphatic rings. The second-order valence-corrected chi connectivity index (χ2v) is 8.32. The Balaban J connectivity index is 1.32. The van der Waals surface area contributed by atoms with Crippen molar-refractivity contribution in [3.63, 3.8) is 0 Å². The first-order valence-electron chi connectivity index (χ1n) is 9.23. The van der Waals surface area contributed by atoms with Crippen LogP contribution in [0.25, 0.3) is 6.08 Å². The van der Waals surface area contributed by atoms with Gasteiger partial charge in [0.15, 0.2) is 11.5 Å². The summed E-state index contributed by atoms with van der Waals surface area (Å²) in [6.45, 7) is 0.552. The second-order valence-electron chi connectivity index (χ2n) is 6.65. The third kappa shape index (κ3) is 4.58. The Labute approximate surface area is 182 Å². The van der Waals surface area contributed by atoms with Crippen LogP contribution < -0.4 is 14.8 Å². The van der Waals surface area contributed by atoms with E-state index in [-0.39, 0.29) is 30.8 Å². The van der Waals surface area contributed by atoms with Gasteiger partial charge in [0.1, 0.15) is 10.1 Å². The van der Waals surface area contributed by atoms with Crippen LogP contribution in [0.5, 0.6) is 17.2 Å². The Kier molecular flexibility index (Phi) is 5.91. The molecule has 4 rings (SSSR count).